The molecule has 1 aliphatic heterocycles. The minimum absolute atomic E-state index is 0.300. The highest BCUT2D eigenvalue weighted by Crippen LogP contribution is 2.24. The number of halogens is 3. The molecule has 2 heterocycles. The number of hydrogen-bond acceptors (Lipinski definition) is 6. The molecule has 0 aliphatic carbocycles. The number of alkyl halides is 3. The first-order valence-corrected chi connectivity index (χ1v) is 9.45. The van der Waals surface area contributed by atoms with E-state index < -0.39 is 6.36 Å². The lowest BCUT2D eigenvalue weighted by Gasteiger charge is -2.34. The van der Waals surface area contributed by atoms with Crippen molar-refractivity contribution in [3.8, 4) is 5.75 Å². The van der Waals surface area contributed by atoms with Crippen LogP contribution in [0.25, 0.3) is 0 Å². The molecule has 0 unspecified atom stereocenters. The van der Waals surface area contributed by atoms with E-state index in [1.54, 1.807) is 24.5 Å². The highest BCUT2D eigenvalue weighted by molar-refractivity contribution is 7.80. The van der Waals surface area contributed by atoms with Crippen LogP contribution < -0.4 is 20.3 Å². The van der Waals surface area contributed by atoms with Gasteiger partial charge >= 0.3 is 6.36 Å². The van der Waals surface area contributed by atoms with Gasteiger partial charge in [0.1, 0.15) is 5.75 Å². The number of aromatic nitrogens is 2. The Morgan fingerprint density at radius 1 is 1.10 bits per heavy atom. The molecular formula is C18H21F3N6OS. The van der Waals surface area contributed by atoms with Crippen molar-refractivity contribution in [1.29, 1.82) is 0 Å². The standard InChI is InChI=1S/C18H21F3N6OS/c19-18(20,21)28-15-4-1-3-14(13-15)25-17(29)24-7-8-26-9-11-27(12-10-26)16-22-5-2-6-23-16/h1-6,13H,7-12H2,(H2,24,25,29). The Morgan fingerprint density at radius 2 is 1.83 bits per heavy atom. The van der Waals surface area contributed by atoms with Crippen molar-refractivity contribution in [2.75, 3.05) is 49.5 Å². The number of piperazine rings is 1. The van der Waals surface area contributed by atoms with Crippen molar-refractivity contribution in [1.82, 2.24) is 20.2 Å². The first-order chi connectivity index (χ1) is 13.9. The van der Waals surface area contributed by atoms with Gasteiger partial charge in [0, 0.05) is 63.4 Å². The lowest BCUT2D eigenvalue weighted by Crippen LogP contribution is -2.49. The van der Waals surface area contributed by atoms with E-state index in [2.05, 4.69) is 35.1 Å². The van der Waals surface area contributed by atoms with E-state index in [-0.39, 0.29) is 5.75 Å². The largest absolute Gasteiger partial charge is 0.573 e. The van der Waals surface area contributed by atoms with Crippen LogP contribution in [-0.2, 0) is 0 Å². The Hall–Kier alpha value is -2.66. The third kappa shape index (κ3) is 7.02. The molecule has 1 fully saturated rings. The zero-order valence-corrected chi connectivity index (χ0v) is 16.3. The van der Waals surface area contributed by atoms with Crippen LogP contribution in [-0.4, -0.2) is 65.6 Å². The minimum Gasteiger partial charge on any atom is -0.406 e. The third-order valence-corrected chi connectivity index (χ3v) is 4.49. The van der Waals surface area contributed by atoms with Crippen molar-refractivity contribution in [3.63, 3.8) is 0 Å². The maximum absolute atomic E-state index is 12.3. The number of thiocarbonyl (C=S) groups is 1. The van der Waals surface area contributed by atoms with E-state index >= 15 is 0 Å². The third-order valence-electron chi connectivity index (χ3n) is 4.25. The smallest absolute Gasteiger partial charge is 0.406 e. The molecule has 29 heavy (non-hydrogen) atoms. The van der Waals surface area contributed by atoms with Crippen molar-refractivity contribution >= 4 is 29.0 Å². The number of ether oxygens (including phenoxy) is 1. The summed E-state index contributed by atoms with van der Waals surface area (Å²) >= 11 is 5.21. The van der Waals surface area contributed by atoms with Crippen LogP contribution in [0.4, 0.5) is 24.8 Å². The van der Waals surface area contributed by atoms with Crippen LogP contribution in [0.15, 0.2) is 42.7 Å². The molecule has 11 heteroatoms. The second kappa shape index (κ2) is 9.70. The van der Waals surface area contributed by atoms with Crippen molar-refractivity contribution < 1.29 is 17.9 Å². The van der Waals surface area contributed by atoms with Crippen LogP contribution in [0.3, 0.4) is 0 Å². The molecule has 0 atom stereocenters. The average Bonchev–Trinajstić information content (AvgIpc) is 2.68. The maximum atomic E-state index is 12.3. The summed E-state index contributed by atoms with van der Waals surface area (Å²) in [5.74, 6) is 0.443. The highest BCUT2D eigenvalue weighted by Gasteiger charge is 2.31. The second-order valence-electron chi connectivity index (χ2n) is 6.33. The molecule has 2 aromatic rings. The fraction of sp³-hybridized carbons (Fsp3) is 0.389. The van der Waals surface area contributed by atoms with Gasteiger partial charge in [0.25, 0.3) is 0 Å². The van der Waals surface area contributed by atoms with Crippen LogP contribution in [0, 0.1) is 0 Å². The first-order valence-electron chi connectivity index (χ1n) is 9.04. The fourth-order valence-corrected chi connectivity index (χ4v) is 3.12. The number of benzene rings is 1. The van der Waals surface area contributed by atoms with Gasteiger partial charge in [0.2, 0.25) is 5.95 Å². The topological polar surface area (TPSA) is 65.6 Å². The first kappa shape index (κ1) is 21.1. The van der Waals surface area contributed by atoms with E-state index in [0.29, 0.717) is 17.3 Å². The summed E-state index contributed by atoms with van der Waals surface area (Å²) in [5.41, 5.74) is 0.417. The van der Waals surface area contributed by atoms with E-state index in [9.17, 15) is 13.2 Å². The molecule has 1 aromatic carbocycles. The average molecular weight is 426 g/mol. The van der Waals surface area contributed by atoms with Gasteiger partial charge in [-0.2, -0.15) is 0 Å². The summed E-state index contributed by atoms with van der Waals surface area (Å²) in [6.45, 7) is 4.88. The van der Waals surface area contributed by atoms with E-state index in [4.69, 9.17) is 12.2 Å². The summed E-state index contributed by atoms with van der Waals surface area (Å²) in [7, 11) is 0. The molecule has 0 amide bonds. The summed E-state index contributed by atoms with van der Waals surface area (Å²) in [4.78, 5) is 13.0. The van der Waals surface area contributed by atoms with Crippen molar-refractivity contribution in [2.24, 2.45) is 0 Å². The molecule has 0 spiro atoms. The zero-order valence-electron chi connectivity index (χ0n) is 15.5. The molecule has 156 valence electrons. The van der Waals surface area contributed by atoms with Crippen molar-refractivity contribution in [2.45, 2.75) is 6.36 Å². The van der Waals surface area contributed by atoms with Gasteiger partial charge < -0.3 is 20.3 Å². The molecule has 1 aromatic heterocycles. The van der Waals surface area contributed by atoms with Crippen LogP contribution in [0.2, 0.25) is 0 Å². The number of rotatable bonds is 6. The quantitative estimate of drug-likeness (QED) is 0.684. The van der Waals surface area contributed by atoms with Crippen LogP contribution in [0.5, 0.6) is 5.75 Å². The van der Waals surface area contributed by atoms with Gasteiger partial charge in [-0.1, -0.05) is 6.07 Å². The van der Waals surface area contributed by atoms with Crippen LogP contribution >= 0.6 is 12.2 Å². The Morgan fingerprint density at radius 3 is 2.52 bits per heavy atom. The molecule has 0 radical (unpaired) electrons. The van der Waals surface area contributed by atoms with E-state index in [1.165, 1.54) is 18.2 Å². The predicted octanol–water partition coefficient (Wildman–Crippen LogP) is 2.48. The fourth-order valence-electron chi connectivity index (χ4n) is 2.90. The summed E-state index contributed by atoms with van der Waals surface area (Å²) in [5, 5.41) is 6.27. The van der Waals surface area contributed by atoms with Gasteiger partial charge in [0.05, 0.1) is 0 Å². The van der Waals surface area contributed by atoms with Crippen LogP contribution in [0.1, 0.15) is 0 Å². The zero-order chi connectivity index (χ0) is 20.7. The lowest BCUT2D eigenvalue weighted by atomic mass is 10.3. The number of anilines is 2. The normalized spacial score (nSPS) is 15.1. The van der Waals surface area contributed by atoms with Gasteiger partial charge in [0.15, 0.2) is 5.11 Å². The number of nitrogens with zero attached hydrogens (tertiary/aromatic N) is 4. The minimum atomic E-state index is -4.73. The summed E-state index contributed by atoms with van der Waals surface area (Å²) in [6, 6.07) is 7.34. The number of nitrogens with one attached hydrogen (secondary N) is 2. The molecule has 7 nitrogen and oxygen atoms in total. The lowest BCUT2D eigenvalue weighted by molar-refractivity contribution is -0.274. The molecule has 2 N–H and O–H groups in total. The van der Waals surface area contributed by atoms with E-state index in [1.807, 2.05) is 0 Å². The Labute approximate surface area is 171 Å². The Bertz CT molecular complexity index is 800. The number of hydrogen-bond donors (Lipinski definition) is 2. The maximum Gasteiger partial charge on any atom is 0.573 e. The summed E-state index contributed by atoms with van der Waals surface area (Å²) in [6.07, 6.45) is -1.26. The van der Waals surface area contributed by atoms with Gasteiger partial charge in [-0.05, 0) is 30.4 Å². The van der Waals surface area contributed by atoms with Gasteiger partial charge in [-0.25, -0.2) is 9.97 Å². The highest BCUT2D eigenvalue weighted by atomic mass is 32.1. The van der Waals surface area contributed by atoms with E-state index in [0.717, 1.165) is 38.7 Å². The monoisotopic (exact) mass is 426 g/mol. The second-order valence-corrected chi connectivity index (χ2v) is 6.74. The molecule has 3 rings (SSSR count). The van der Waals surface area contributed by atoms with Gasteiger partial charge in [-0.3, -0.25) is 4.90 Å². The molecule has 0 saturated carbocycles. The molecular weight excluding hydrogens is 405 g/mol. The predicted molar refractivity (Wildman–Crippen MR) is 108 cm³/mol. The Kier molecular flexibility index (Phi) is 7.04. The van der Waals surface area contributed by atoms with Crippen molar-refractivity contribution in [3.05, 3.63) is 42.7 Å². The molecule has 1 saturated heterocycles. The SMILES string of the molecule is FC(F)(F)Oc1cccc(NC(=S)NCCN2CCN(c3ncccn3)CC2)c1. The molecule has 1 aliphatic rings. The molecule has 0 bridgehead atoms. The summed E-state index contributed by atoms with van der Waals surface area (Å²) < 4.78 is 40.8. The Balaban J connectivity index is 1.37. The van der Waals surface area contributed by atoms with Gasteiger partial charge in [-0.15, -0.1) is 13.2 Å².